The average molecular weight is 915 g/mol. The minimum Gasteiger partial charge on any atom is -0.339 e. The smallest absolute Gasteiger partial charge is 0.232 e. The van der Waals surface area contributed by atoms with Gasteiger partial charge in [0.25, 0.3) is 0 Å². The largest absolute Gasteiger partial charge is 0.339 e. The number of nitrogens with one attached hydrogen (secondary N) is 1. The number of aromatic amines is 1. The van der Waals surface area contributed by atoms with Crippen molar-refractivity contribution < 1.29 is 4.52 Å². The Bertz CT molecular complexity index is 1850. The molecule has 8 heteroatoms. The second kappa shape index (κ2) is 21.1. The molecule has 0 bridgehead atoms. The standard InChI is InChI=1S/C13H23N.2C12H21N.C11H20N2.C10H18N2O/c1-9-10(12(2,3)4)8-11(14-9)13(5,6)7;2*1-11(2,3)9-7-10(13-8-9)12(4,5)6;1-10(2,3)8-7-9(13-12-8)11(4,5)6;1-9(2,3)7-11-8(13-12-7)10(4,5)6/h8H2,1-7H3;2*8H,7H2,1-6H3;7H,1-6H3,(H,12,13);1-6H3. The molecule has 376 valence electrons. The molecule has 2 aromatic rings. The van der Waals surface area contributed by atoms with Gasteiger partial charge in [-0.05, 0) is 46.0 Å². The molecular weight excluding hydrogens is 811 g/mol. The van der Waals surface area contributed by atoms with Crippen molar-refractivity contribution in [2.45, 2.75) is 256 Å². The first kappa shape index (κ1) is 60.6. The van der Waals surface area contributed by atoms with Crippen molar-refractivity contribution in [1.29, 1.82) is 0 Å². The molecule has 0 saturated heterocycles. The molecule has 0 aromatic carbocycles. The number of allylic oxidation sites excluding steroid dienone is 4. The molecule has 66 heavy (non-hydrogen) atoms. The van der Waals surface area contributed by atoms with Gasteiger partial charge < -0.3 is 4.52 Å². The zero-order valence-electron chi connectivity index (χ0n) is 48.9. The minimum atomic E-state index is -0.0590. The third-order valence-corrected chi connectivity index (χ3v) is 11.9. The molecule has 0 radical (unpaired) electrons. The highest BCUT2D eigenvalue weighted by atomic mass is 16.5. The Labute approximate surface area is 407 Å². The summed E-state index contributed by atoms with van der Waals surface area (Å²) in [6, 6.07) is 2.17. The van der Waals surface area contributed by atoms with E-state index in [9.17, 15) is 0 Å². The summed E-state index contributed by atoms with van der Waals surface area (Å²) < 4.78 is 5.19. The molecule has 5 rings (SSSR count). The van der Waals surface area contributed by atoms with Gasteiger partial charge in [-0.15, -0.1) is 0 Å². The Balaban J connectivity index is 0.000000413. The van der Waals surface area contributed by atoms with Gasteiger partial charge in [-0.3, -0.25) is 20.1 Å². The number of hydrogen-bond acceptors (Lipinski definition) is 7. The fraction of sp³-hybridized carbons (Fsp3) is 0.759. The molecule has 0 spiro atoms. The quantitative estimate of drug-likeness (QED) is 0.284. The number of aliphatic imine (C=N–C) groups is 3. The molecule has 1 N–H and O–H groups in total. The number of nitrogens with zero attached hydrogens (tertiary/aromatic N) is 6. The molecule has 8 nitrogen and oxygen atoms in total. The zero-order valence-corrected chi connectivity index (χ0v) is 48.9. The van der Waals surface area contributed by atoms with Gasteiger partial charge in [0.2, 0.25) is 5.89 Å². The van der Waals surface area contributed by atoms with Gasteiger partial charge in [-0.25, -0.2) is 0 Å². The van der Waals surface area contributed by atoms with E-state index in [1.54, 1.807) is 0 Å². The van der Waals surface area contributed by atoms with Crippen molar-refractivity contribution >= 4 is 17.1 Å². The monoisotopic (exact) mass is 914 g/mol. The Hall–Kier alpha value is -3.42. The summed E-state index contributed by atoms with van der Waals surface area (Å²) in [7, 11) is 0. The van der Waals surface area contributed by atoms with Crippen LogP contribution in [0.15, 0.2) is 60.4 Å². The second-order valence-electron chi connectivity index (χ2n) is 29.2. The van der Waals surface area contributed by atoms with Gasteiger partial charge in [0.15, 0.2) is 5.82 Å². The van der Waals surface area contributed by atoms with Gasteiger partial charge >= 0.3 is 0 Å². The topological polar surface area (TPSA) is 105 Å². The van der Waals surface area contributed by atoms with Crippen LogP contribution < -0.4 is 0 Å². The summed E-state index contributed by atoms with van der Waals surface area (Å²) in [5.41, 5.74) is 13.7. The lowest BCUT2D eigenvalue weighted by molar-refractivity contribution is 0.314. The van der Waals surface area contributed by atoms with E-state index in [0.717, 1.165) is 30.8 Å². The molecule has 0 atom stereocenters. The van der Waals surface area contributed by atoms with Crippen molar-refractivity contribution in [3.05, 3.63) is 64.0 Å². The molecule has 0 aliphatic carbocycles. The van der Waals surface area contributed by atoms with Gasteiger partial charge in [0.1, 0.15) is 0 Å². The minimum absolute atomic E-state index is 0.0347. The summed E-state index contributed by atoms with van der Waals surface area (Å²) >= 11 is 0. The summed E-state index contributed by atoms with van der Waals surface area (Å²) in [6.07, 6.45) is 7.31. The lowest BCUT2D eigenvalue weighted by Crippen LogP contribution is -2.20. The van der Waals surface area contributed by atoms with Crippen molar-refractivity contribution in [3.63, 3.8) is 0 Å². The van der Waals surface area contributed by atoms with E-state index in [-0.39, 0.29) is 54.1 Å². The predicted molar refractivity (Wildman–Crippen MR) is 289 cm³/mol. The van der Waals surface area contributed by atoms with Gasteiger partial charge in [0, 0.05) is 98.1 Å². The lowest BCUT2D eigenvalue weighted by atomic mass is 9.79. The van der Waals surface area contributed by atoms with Crippen molar-refractivity contribution in [2.24, 2.45) is 47.5 Å². The van der Waals surface area contributed by atoms with E-state index in [4.69, 9.17) is 9.52 Å². The van der Waals surface area contributed by atoms with Crippen LogP contribution in [0.2, 0.25) is 0 Å². The molecule has 0 saturated carbocycles. The third-order valence-electron chi connectivity index (χ3n) is 11.9. The number of H-pyrrole nitrogens is 1. The van der Waals surface area contributed by atoms with Crippen LogP contribution in [0.4, 0.5) is 0 Å². The highest BCUT2D eigenvalue weighted by Gasteiger charge is 2.32. The van der Waals surface area contributed by atoms with Gasteiger partial charge in [-0.2, -0.15) is 10.1 Å². The van der Waals surface area contributed by atoms with E-state index >= 15 is 0 Å². The Morgan fingerprint density at radius 2 is 0.848 bits per heavy atom. The molecular formula is C58H103N7O. The van der Waals surface area contributed by atoms with Crippen LogP contribution in [-0.2, 0) is 21.7 Å². The van der Waals surface area contributed by atoms with Crippen molar-refractivity contribution in [2.75, 3.05) is 0 Å². The molecule has 2 aromatic heterocycles. The summed E-state index contributed by atoms with van der Waals surface area (Å²) in [4.78, 5) is 18.1. The van der Waals surface area contributed by atoms with Crippen LogP contribution in [-0.4, -0.2) is 37.5 Å². The highest BCUT2D eigenvalue weighted by Crippen LogP contribution is 2.40. The lowest BCUT2D eigenvalue weighted by Gasteiger charge is -2.24. The predicted octanol–water partition coefficient (Wildman–Crippen LogP) is 17.5. The van der Waals surface area contributed by atoms with E-state index in [2.05, 4.69) is 263 Å². The van der Waals surface area contributed by atoms with Gasteiger partial charge in [0.05, 0.1) is 5.69 Å². The number of hydrogen-bond donors (Lipinski definition) is 1. The summed E-state index contributed by atoms with van der Waals surface area (Å²) in [6.45, 7) is 68.0. The zero-order chi connectivity index (χ0) is 52.3. The highest BCUT2D eigenvalue weighted by molar-refractivity contribution is 5.95. The number of aromatic nitrogens is 4. The van der Waals surface area contributed by atoms with Crippen LogP contribution in [0.1, 0.15) is 257 Å². The molecule has 3 aliphatic heterocycles. The van der Waals surface area contributed by atoms with Crippen LogP contribution in [0, 0.1) is 32.5 Å². The van der Waals surface area contributed by atoms with Crippen LogP contribution in [0.5, 0.6) is 0 Å². The van der Waals surface area contributed by atoms with Crippen molar-refractivity contribution in [3.8, 4) is 0 Å². The maximum Gasteiger partial charge on any atom is 0.232 e. The van der Waals surface area contributed by atoms with E-state index in [0.29, 0.717) is 5.89 Å². The fourth-order valence-corrected chi connectivity index (χ4v) is 6.46. The molecule has 0 amide bonds. The maximum atomic E-state index is 5.19. The molecule has 0 unspecified atom stereocenters. The molecule has 0 fully saturated rings. The van der Waals surface area contributed by atoms with E-state index in [1.165, 1.54) is 45.2 Å². The van der Waals surface area contributed by atoms with Crippen LogP contribution in [0.3, 0.4) is 0 Å². The first-order chi connectivity index (χ1) is 29.0. The second-order valence-corrected chi connectivity index (χ2v) is 29.2. The van der Waals surface area contributed by atoms with E-state index in [1.807, 2.05) is 0 Å². The Kier molecular flexibility index (Phi) is 19.3. The number of rotatable bonds is 0. The van der Waals surface area contributed by atoms with Crippen molar-refractivity contribution in [1.82, 2.24) is 20.3 Å². The maximum absolute atomic E-state index is 5.19. The van der Waals surface area contributed by atoms with E-state index < -0.39 is 0 Å². The fourth-order valence-electron chi connectivity index (χ4n) is 6.46. The normalized spacial score (nSPS) is 16.6. The summed E-state index contributed by atoms with van der Waals surface area (Å²) in [5.74, 6) is 1.48. The first-order valence-electron chi connectivity index (χ1n) is 24.7. The average Bonchev–Trinajstić information content (AvgIpc) is 3.90. The molecule has 3 aliphatic rings. The third kappa shape index (κ3) is 19.7. The first-order valence-corrected chi connectivity index (χ1v) is 24.7. The molecule has 5 heterocycles. The van der Waals surface area contributed by atoms with Gasteiger partial charge in [-0.1, -0.05) is 213 Å². The van der Waals surface area contributed by atoms with Crippen LogP contribution >= 0.6 is 0 Å². The Morgan fingerprint density at radius 1 is 0.439 bits per heavy atom. The summed E-state index contributed by atoms with van der Waals surface area (Å²) in [5, 5.41) is 11.4. The Morgan fingerprint density at radius 3 is 1.03 bits per heavy atom. The van der Waals surface area contributed by atoms with Crippen LogP contribution in [0.25, 0.3) is 0 Å². The SMILES string of the molecule is CC(C)(C)C1=CN=C(C(C)(C)C)C1.CC(C)(C)C1=CN=C(C(C)(C)C)C1.CC(C)(C)c1cc(C(C)(C)C)[nH]n1.CC(C)(C)c1noc(C(C)(C)C)n1.CC1=C(C(C)(C)C)CC(C(C)(C)C)=N1.